The van der Waals surface area contributed by atoms with Gasteiger partial charge in [-0.1, -0.05) is 29.8 Å². The summed E-state index contributed by atoms with van der Waals surface area (Å²) in [5, 5.41) is 0. The Labute approximate surface area is 107 Å². The number of ketones is 1. The second kappa shape index (κ2) is 5.41. The fourth-order valence-electron chi connectivity index (χ4n) is 1.71. The largest absolute Gasteiger partial charge is 0.289 e. The zero-order valence-corrected chi connectivity index (χ0v) is 10.6. The van der Waals surface area contributed by atoms with E-state index in [1.54, 1.807) is 30.6 Å². The molecule has 0 aliphatic carbocycles. The molecule has 2 aromatic rings. The van der Waals surface area contributed by atoms with Crippen LogP contribution in [0, 0.1) is 13.8 Å². The number of allylic oxidation sites excluding steroid dienone is 1. The van der Waals surface area contributed by atoms with E-state index in [0.717, 1.165) is 11.1 Å². The van der Waals surface area contributed by atoms with Crippen molar-refractivity contribution in [1.82, 2.24) is 4.98 Å². The second-order valence-electron chi connectivity index (χ2n) is 4.30. The summed E-state index contributed by atoms with van der Waals surface area (Å²) in [5.74, 6) is -0.0241. The molecule has 1 aromatic heterocycles. The molecule has 1 aromatic carbocycles. The summed E-state index contributed by atoms with van der Waals surface area (Å²) >= 11 is 0. The predicted octanol–water partition coefficient (Wildman–Crippen LogP) is 3.59. The van der Waals surface area contributed by atoms with Gasteiger partial charge < -0.3 is 0 Å². The van der Waals surface area contributed by atoms with Gasteiger partial charge in [0.25, 0.3) is 0 Å². The molecule has 0 saturated heterocycles. The van der Waals surface area contributed by atoms with Crippen molar-refractivity contribution in [3.63, 3.8) is 0 Å². The van der Waals surface area contributed by atoms with Crippen molar-refractivity contribution in [2.75, 3.05) is 0 Å². The van der Waals surface area contributed by atoms with Gasteiger partial charge in [0.15, 0.2) is 5.78 Å². The Morgan fingerprint density at radius 2 is 2.06 bits per heavy atom. The molecule has 90 valence electrons. The van der Waals surface area contributed by atoms with Crippen LogP contribution in [-0.2, 0) is 0 Å². The first kappa shape index (κ1) is 12.2. The molecule has 0 saturated carbocycles. The predicted molar refractivity (Wildman–Crippen MR) is 73.5 cm³/mol. The SMILES string of the molecule is Cc1ccc(C)c(/C=C/C(=O)c2cccnc2)c1. The minimum Gasteiger partial charge on any atom is -0.289 e. The molecule has 0 unspecified atom stereocenters. The number of carbonyl (C=O) groups excluding carboxylic acids is 1. The van der Waals surface area contributed by atoms with Gasteiger partial charge in [0.1, 0.15) is 0 Å². The van der Waals surface area contributed by atoms with Crippen LogP contribution in [0.3, 0.4) is 0 Å². The van der Waals surface area contributed by atoms with Crippen LogP contribution in [0.25, 0.3) is 6.08 Å². The maximum atomic E-state index is 11.9. The number of aryl methyl sites for hydroxylation is 2. The Bertz CT molecular complexity index is 585. The molecular formula is C16H15NO. The maximum Gasteiger partial charge on any atom is 0.187 e. The van der Waals surface area contributed by atoms with Gasteiger partial charge in [-0.2, -0.15) is 0 Å². The van der Waals surface area contributed by atoms with Gasteiger partial charge in [0.05, 0.1) is 0 Å². The van der Waals surface area contributed by atoms with E-state index in [2.05, 4.69) is 23.2 Å². The Morgan fingerprint density at radius 3 is 2.78 bits per heavy atom. The molecule has 0 bridgehead atoms. The summed E-state index contributed by atoms with van der Waals surface area (Å²) in [6.45, 7) is 4.08. The molecule has 0 amide bonds. The van der Waals surface area contributed by atoms with Gasteiger partial charge in [-0.25, -0.2) is 0 Å². The number of hydrogen-bond donors (Lipinski definition) is 0. The fourth-order valence-corrected chi connectivity index (χ4v) is 1.71. The molecule has 0 radical (unpaired) electrons. The lowest BCUT2D eigenvalue weighted by atomic mass is 10.0. The molecule has 0 fully saturated rings. The van der Waals surface area contributed by atoms with Gasteiger partial charge in [0, 0.05) is 18.0 Å². The third-order valence-electron chi connectivity index (χ3n) is 2.80. The Morgan fingerprint density at radius 1 is 1.22 bits per heavy atom. The fraction of sp³-hybridized carbons (Fsp3) is 0.125. The first-order chi connectivity index (χ1) is 8.66. The summed E-state index contributed by atoms with van der Waals surface area (Å²) in [5.41, 5.74) is 4.04. The number of nitrogens with zero attached hydrogens (tertiary/aromatic N) is 1. The Kier molecular flexibility index (Phi) is 3.68. The maximum absolute atomic E-state index is 11.9. The van der Waals surface area contributed by atoms with E-state index < -0.39 is 0 Å². The first-order valence-corrected chi connectivity index (χ1v) is 5.86. The Balaban J connectivity index is 2.21. The number of aromatic nitrogens is 1. The van der Waals surface area contributed by atoms with Crippen LogP contribution in [-0.4, -0.2) is 10.8 Å². The third-order valence-corrected chi connectivity index (χ3v) is 2.80. The normalized spacial score (nSPS) is 10.8. The van der Waals surface area contributed by atoms with Crippen molar-refractivity contribution in [2.24, 2.45) is 0 Å². The van der Waals surface area contributed by atoms with E-state index in [-0.39, 0.29) is 5.78 Å². The minimum atomic E-state index is -0.0241. The summed E-state index contributed by atoms with van der Waals surface area (Å²) in [4.78, 5) is 15.8. The monoisotopic (exact) mass is 237 g/mol. The number of pyridine rings is 1. The van der Waals surface area contributed by atoms with Crippen molar-refractivity contribution < 1.29 is 4.79 Å². The Hall–Kier alpha value is -2.22. The van der Waals surface area contributed by atoms with E-state index >= 15 is 0 Å². The second-order valence-corrected chi connectivity index (χ2v) is 4.30. The van der Waals surface area contributed by atoms with Crippen LogP contribution >= 0.6 is 0 Å². The highest BCUT2D eigenvalue weighted by Crippen LogP contribution is 2.13. The highest BCUT2D eigenvalue weighted by atomic mass is 16.1. The van der Waals surface area contributed by atoms with Gasteiger partial charge in [-0.15, -0.1) is 0 Å². The van der Waals surface area contributed by atoms with Gasteiger partial charge in [0.2, 0.25) is 0 Å². The van der Waals surface area contributed by atoms with Crippen molar-refractivity contribution in [3.05, 3.63) is 71.1 Å². The highest BCUT2D eigenvalue weighted by molar-refractivity contribution is 6.06. The summed E-state index contributed by atoms with van der Waals surface area (Å²) in [6.07, 6.45) is 6.69. The third kappa shape index (κ3) is 2.92. The van der Waals surface area contributed by atoms with Crippen LogP contribution in [0.4, 0.5) is 0 Å². The summed E-state index contributed by atoms with van der Waals surface area (Å²) < 4.78 is 0. The first-order valence-electron chi connectivity index (χ1n) is 5.86. The van der Waals surface area contributed by atoms with Crippen molar-refractivity contribution in [2.45, 2.75) is 13.8 Å². The van der Waals surface area contributed by atoms with Crippen molar-refractivity contribution >= 4 is 11.9 Å². The van der Waals surface area contributed by atoms with Crippen molar-refractivity contribution in [3.8, 4) is 0 Å². The van der Waals surface area contributed by atoms with E-state index in [4.69, 9.17) is 0 Å². The molecule has 0 aliphatic heterocycles. The minimum absolute atomic E-state index is 0.0241. The van der Waals surface area contributed by atoms with Crippen molar-refractivity contribution in [1.29, 1.82) is 0 Å². The molecule has 0 N–H and O–H groups in total. The molecular weight excluding hydrogens is 222 g/mol. The molecule has 2 rings (SSSR count). The topological polar surface area (TPSA) is 30.0 Å². The van der Waals surface area contributed by atoms with E-state index in [9.17, 15) is 4.79 Å². The molecule has 2 nitrogen and oxygen atoms in total. The standard InChI is InChI=1S/C16H15NO/c1-12-5-6-13(2)14(10-12)7-8-16(18)15-4-3-9-17-11-15/h3-11H,1-2H3/b8-7+. The van der Waals surface area contributed by atoms with E-state index in [0.29, 0.717) is 5.56 Å². The van der Waals surface area contributed by atoms with Gasteiger partial charge in [-0.3, -0.25) is 9.78 Å². The number of carbonyl (C=O) groups is 1. The van der Waals surface area contributed by atoms with Crippen LogP contribution in [0.1, 0.15) is 27.0 Å². The van der Waals surface area contributed by atoms with Gasteiger partial charge >= 0.3 is 0 Å². The van der Waals surface area contributed by atoms with Gasteiger partial charge in [-0.05, 0) is 43.2 Å². The number of hydrogen-bond acceptors (Lipinski definition) is 2. The molecule has 0 aliphatic rings. The zero-order valence-electron chi connectivity index (χ0n) is 10.6. The lowest BCUT2D eigenvalue weighted by Gasteiger charge is -2.01. The molecule has 2 heteroatoms. The quantitative estimate of drug-likeness (QED) is 0.603. The molecule has 0 atom stereocenters. The van der Waals surface area contributed by atoms with Crippen LogP contribution in [0.2, 0.25) is 0 Å². The number of benzene rings is 1. The average Bonchev–Trinajstić information content (AvgIpc) is 2.40. The van der Waals surface area contributed by atoms with E-state index in [1.165, 1.54) is 5.56 Å². The molecule has 0 spiro atoms. The lowest BCUT2D eigenvalue weighted by Crippen LogP contribution is -1.94. The summed E-state index contributed by atoms with van der Waals surface area (Å²) in [7, 11) is 0. The summed E-state index contributed by atoms with van der Waals surface area (Å²) in [6, 6.07) is 9.73. The molecule has 1 heterocycles. The zero-order chi connectivity index (χ0) is 13.0. The van der Waals surface area contributed by atoms with Crippen LogP contribution in [0.5, 0.6) is 0 Å². The molecule has 18 heavy (non-hydrogen) atoms. The van der Waals surface area contributed by atoms with Crippen LogP contribution in [0.15, 0.2) is 48.8 Å². The average molecular weight is 237 g/mol. The van der Waals surface area contributed by atoms with Crippen LogP contribution < -0.4 is 0 Å². The van der Waals surface area contributed by atoms with E-state index in [1.807, 2.05) is 19.9 Å². The lowest BCUT2D eigenvalue weighted by molar-refractivity contribution is 0.104. The highest BCUT2D eigenvalue weighted by Gasteiger charge is 2.01. The smallest absolute Gasteiger partial charge is 0.187 e. The number of rotatable bonds is 3.